The molecule has 0 bridgehead atoms. The summed E-state index contributed by atoms with van der Waals surface area (Å²) in [6.45, 7) is 1.42. The maximum Gasteiger partial charge on any atom is 0.389 e. The van der Waals surface area contributed by atoms with Crippen LogP contribution in [0.4, 0.5) is 29.3 Å². The smallest absolute Gasteiger partial charge is 0.389 e. The molecule has 1 aliphatic carbocycles. The topological polar surface area (TPSA) is 140 Å². The van der Waals surface area contributed by atoms with Gasteiger partial charge in [-0.15, -0.1) is 0 Å². The molecule has 2 atom stereocenters. The van der Waals surface area contributed by atoms with E-state index in [-0.39, 0.29) is 36.3 Å². The molecular formula is C33H41F3N4O6S. The predicted octanol–water partition coefficient (Wildman–Crippen LogP) is 4.05. The Balaban J connectivity index is 1.50. The number of allylic oxidation sites excluding steroid dienone is 1. The lowest BCUT2D eigenvalue weighted by Crippen LogP contribution is -2.47. The van der Waals surface area contributed by atoms with Gasteiger partial charge in [0.15, 0.2) is 9.84 Å². The summed E-state index contributed by atoms with van der Waals surface area (Å²) in [6, 6.07) is 9.12. The first-order valence-electron chi connectivity index (χ1n) is 15.4. The van der Waals surface area contributed by atoms with Crippen molar-refractivity contribution in [1.82, 2.24) is 10.2 Å². The van der Waals surface area contributed by atoms with E-state index < -0.39 is 40.5 Å². The van der Waals surface area contributed by atoms with Crippen molar-refractivity contribution in [1.29, 1.82) is 0 Å². The Hall–Kier alpha value is -3.77. The summed E-state index contributed by atoms with van der Waals surface area (Å²) in [4.78, 5) is 15.1. The number of carbonyl (C=O) groups is 1. The first-order valence-corrected chi connectivity index (χ1v) is 17.2. The van der Waals surface area contributed by atoms with Gasteiger partial charge in [-0.2, -0.15) is 13.2 Å². The largest absolute Gasteiger partial charge is 0.495 e. The van der Waals surface area contributed by atoms with E-state index in [9.17, 15) is 31.5 Å². The maximum absolute atomic E-state index is 13.6. The molecule has 1 saturated heterocycles. The number of urea groups is 1. The van der Waals surface area contributed by atoms with Crippen LogP contribution in [0.5, 0.6) is 5.75 Å². The SMILES string of the molecule is COc1cc(S(C)(=O)=O)ccc1NCC#CC1=Cc2c(cccc2NC(=O)NC2CCN(CC(O)CO)CC2)CCC1CC(F)(F)F. The minimum Gasteiger partial charge on any atom is -0.495 e. The second-order valence-corrected chi connectivity index (χ2v) is 13.8. The number of ether oxygens (including phenoxy) is 1. The number of carbonyl (C=O) groups excluding carboxylic acids is 1. The Morgan fingerprint density at radius 1 is 1.15 bits per heavy atom. The van der Waals surface area contributed by atoms with Gasteiger partial charge >= 0.3 is 12.2 Å². The van der Waals surface area contributed by atoms with E-state index in [1.54, 1.807) is 24.3 Å². The Kier molecular flexibility index (Phi) is 12.2. The number of alkyl halides is 3. The van der Waals surface area contributed by atoms with Crippen LogP contribution in [-0.4, -0.2) is 94.0 Å². The van der Waals surface area contributed by atoms with Crippen molar-refractivity contribution in [3.8, 4) is 17.6 Å². The van der Waals surface area contributed by atoms with Gasteiger partial charge in [0.2, 0.25) is 0 Å². The van der Waals surface area contributed by atoms with Gasteiger partial charge in [-0.05, 0) is 55.5 Å². The number of fused-ring (bicyclic) bond motifs is 1. The highest BCUT2D eigenvalue weighted by atomic mass is 32.2. The molecule has 10 nitrogen and oxygen atoms in total. The Morgan fingerprint density at radius 3 is 2.55 bits per heavy atom. The average Bonchev–Trinajstić information content (AvgIpc) is 3.18. The number of anilines is 2. The summed E-state index contributed by atoms with van der Waals surface area (Å²) in [5.41, 5.74) is 2.65. The summed E-state index contributed by atoms with van der Waals surface area (Å²) in [7, 11) is -2.05. The number of amides is 2. The van der Waals surface area contributed by atoms with Gasteiger partial charge in [0, 0.05) is 60.7 Å². The van der Waals surface area contributed by atoms with Gasteiger partial charge < -0.3 is 35.8 Å². The van der Waals surface area contributed by atoms with E-state index in [2.05, 4.69) is 27.8 Å². The van der Waals surface area contributed by atoms with Crippen LogP contribution in [0.15, 0.2) is 46.9 Å². The van der Waals surface area contributed by atoms with E-state index in [1.807, 2.05) is 11.0 Å². The Morgan fingerprint density at radius 2 is 1.89 bits per heavy atom. The van der Waals surface area contributed by atoms with Crippen molar-refractivity contribution in [3.05, 3.63) is 53.1 Å². The molecule has 2 aliphatic rings. The molecule has 2 aromatic rings. The number of methoxy groups -OCH3 is 1. The fourth-order valence-corrected chi connectivity index (χ4v) is 6.43. The van der Waals surface area contributed by atoms with Gasteiger partial charge in [-0.3, -0.25) is 0 Å². The number of piperidine rings is 1. The van der Waals surface area contributed by atoms with Crippen LogP contribution in [0.1, 0.15) is 36.8 Å². The molecular weight excluding hydrogens is 637 g/mol. The lowest BCUT2D eigenvalue weighted by Gasteiger charge is -2.33. The van der Waals surface area contributed by atoms with Crippen LogP contribution >= 0.6 is 0 Å². The highest BCUT2D eigenvalue weighted by Crippen LogP contribution is 2.37. The minimum atomic E-state index is -4.40. The van der Waals surface area contributed by atoms with E-state index >= 15 is 0 Å². The van der Waals surface area contributed by atoms with Gasteiger partial charge in [-0.25, -0.2) is 13.2 Å². The fourth-order valence-electron chi connectivity index (χ4n) is 5.79. The molecule has 14 heteroatoms. The zero-order chi connectivity index (χ0) is 34.2. The summed E-state index contributed by atoms with van der Waals surface area (Å²) < 4.78 is 70.0. The van der Waals surface area contributed by atoms with Crippen LogP contribution in [0, 0.1) is 17.8 Å². The minimum absolute atomic E-state index is 0.0532. The molecule has 0 saturated carbocycles. The molecule has 256 valence electrons. The van der Waals surface area contributed by atoms with Crippen molar-refractivity contribution < 1.29 is 41.3 Å². The van der Waals surface area contributed by atoms with Crippen LogP contribution in [0.25, 0.3) is 6.08 Å². The number of benzene rings is 2. The van der Waals surface area contributed by atoms with Gasteiger partial charge in [0.1, 0.15) is 5.75 Å². The number of aliphatic hydroxyl groups is 2. The molecule has 2 amide bonds. The number of likely N-dealkylation sites (tertiary alicyclic amines) is 1. The van der Waals surface area contributed by atoms with Crippen LogP contribution in [0.2, 0.25) is 0 Å². The van der Waals surface area contributed by atoms with Crippen LogP contribution in [0.3, 0.4) is 0 Å². The number of aryl methyl sites for hydroxylation is 1. The highest BCUT2D eigenvalue weighted by molar-refractivity contribution is 7.90. The predicted molar refractivity (Wildman–Crippen MR) is 174 cm³/mol. The molecule has 0 radical (unpaired) electrons. The third kappa shape index (κ3) is 10.6. The molecule has 1 heterocycles. The fraction of sp³-hybridized carbons (Fsp3) is 0.485. The Bertz CT molecular complexity index is 1610. The zero-order valence-corrected chi connectivity index (χ0v) is 27.2. The molecule has 2 aromatic carbocycles. The maximum atomic E-state index is 13.6. The van der Waals surface area contributed by atoms with E-state index in [0.717, 1.165) is 11.8 Å². The second kappa shape index (κ2) is 15.9. The van der Waals surface area contributed by atoms with Crippen LogP contribution < -0.4 is 20.7 Å². The van der Waals surface area contributed by atoms with E-state index in [4.69, 9.17) is 9.84 Å². The van der Waals surface area contributed by atoms with Gasteiger partial charge in [-0.1, -0.05) is 24.0 Å². The molecule has 0 aromatic heterocycles. The highest BCUT2D eigenvalue weighted by Gasteiger charge is 2.34. The molecule has 47 heavy (non-hydrogen) atoms. The monoisotopic (exact) mass is 678 g/mol. The second-order valence-electron chi connectivity index (χ2n) is 11.8. The quantitative estimate of drug-likeness (QED) is 0.237. The lowest BCUT2D eigenvalue weighted by molar-refractivity contribution is -0.141. The molecule has 1 aliphatic heterocycles. The average molecular weight is 679 g/mol. The first-order chi connectivity index (χ1) is 22.3. The summed E-state index contributed by atoms with van der Waals surface area (Å²) >= 11 is 0. The number of β-amino-alcohol motifs (C(OH)–C–C–N with tert-alkyl or cyclic N) is 1. The number of hydrogen-bond donors (Lipinski definition) is 5. The van der Waals surface area contributed by atoms with E-state index in [1.165, 1.54) is 19.2 Å². The summed E-state index contributed by atoms with van der Waals surface area (Å²) in [5, 5.41) is 27.6. The third-order valence-electron chi connectivity index (χ3n) is 8.23. The van der Waals surface area contributed by atoms with Crippen LogP contribution in [-0.2, 0) is 16.3 Å². The first kappa shape index (κ1) is 36.1. The van der Waals surface area contributed by atoms with Crippen molar-refractivity contribution in [3.63, 3.8) is 0 Å². The standard InChI is InChI=1S/C33H41F3N4O6S/c1-46-31-18-27(47(2,44)45)10-11-30(31)37-14-4-6-23-17-28-22(8-9-24(23)19-33(34,35)36)5-3-7-29(28)39-32(43)38-25-12-15-40(16-13-25)20-26(42)21-41/h3,5,7,10-11,17-18,24-26,37,41-42H,8-9,12-16,19-21H2,1-2H3,(H2,38,39,43). The summed E-state index contributed by atoms with van der Waals surface area (Å²) in [5.74, 6) is 5.24. The van der Waals surface area contributed by atoms with Crippen molar-refractivity contribution in [2.75, 3.05) is 56.8 Å². The normalized spacial score (nSPS) is 18.1. The van der Waals surface area contributed by atoms with Gasteiger partial charge in [0.25, 0.3) is 0 Å². The van der Waals surface area contributed by atoms with E-state index in [0.29, 0.717) is 61.4 Å². The number of rotatable bonds is 10. The Labute approximate surface area is 273 Å². The number of nitrogens with zero attached hydrogens (tertiary/aromatic N) is 1. The number of sulfone groups is 1. The molecule has 0 spiro atoms. The molecule has 4 rings (SSSR count). The third-order valence-corrected chi connectivity index (χ3v) is 9.34. The molecule has 1 fully saturated rings. The number of halogens is 3. The molecule has 5 N–H and O–H groups in total. The number of aliphatic hydroxyl groups excluding tert-OH is 2. The van der Waals surface area contributed by atoms with Crippen molar-refractivity contribution in [2.24, 2.45) is 5.92 Å². The van der Waals surface area contributed by atoms with Crippen molar-refractivity contribution >= 4 is 33.3 Å². The molecule has 2 unspecified atom stereocenters. The zero-order valence-electron chi connectivity index (χ0n) is 26.4. The number of nitrogens with one attached hydrogen (secondary N) is 3. The summed E-state index contributed by atoms with van der Waals surface area (Å²) in [6.07, 6.45) is -1.60. The van der Waals surface area contributed by atoms with Crippen molar-refractivity contribution in [2.45, 2.75) is 55.3 Å². The lowest BCUT2D eigenvalue weighted by atomic mass is 9.91. The number of hydrogen-bond acceptors (Lipinski definition) is 8. The van der Waals surface area contributed by atoms with Gasteiger partial charge in [0.05, 0.1) is 43.4 Å².